The molecule has 1 aliphatic heterocycles. The molecule has 4 rings (SSSR count). The van der Waals surface area contributed by atoms with Crippen molar-refractivity contribution in [1.29, 1.82) is 0 Å². The third kappa shape index (κ3) is 4.76. The zero-order valence-corrected chi connectivity index (χ0v) is 17.6. The van der Waals surface area contributed by atoms with Gasteiger partial charge in [-0.2, -0.15) is 4.98 Å². The molecular weight excluding hydrogens is 376 g/mol. The van der Waals surface area contributed by atoms with E-state index in [4.69, 9.17) is 4.74 Å². The number of anilines is 2. The van der Waals surface area contributed by atoms with Gasteiger partial charge in [0.15, 0.2) is 6.61 Å². The van der Waals surface area contributed by atoms with E-state index >= 15 is 0 Å². The zero-order chi connectivity index (χ0) is 21.1. The molecule has 0 unspecified atom stereocenters. The molecule has 0 bridgehead atoms. The van der Waals surface area contributed by atoms with Gasteiger partial charge in [-0.15, -0.1) is 0 Å². The van der Waals surface area contributed by atoms with Crippen LogP contribution >= 0.6 is 0 Å². The number of carbonyl (C=O) groups excluding carboxylic acids is 1. The molecule has 0 saturated carbocycles. The van der Waals surface area contributed by atoms with Crippen LogP contribution in [0.1, 0.15) is 27.9 Å². The van der Waals surface area contributed by atoms with E-state index in [0.717, 1.165) is 42.0 Å². The second-order valence-corrected chi connectivity index (χ2v) is 7.80. The van der Waals surface area contributed by atoms with E-state index in [1.54, 1.807) is 6.07 Å². The average molecular weight is 402 g/mol. The molecule has 6 nitrogen and oxygen atoms in total. The van der Waals surface area contributed by atoms with Gasteiger partial charge in [-0.25, -0.2) is 4.98 Å². The van der Waals surface area contributed by atoms with Crippen molar-refractivity contribution in [3.05, 3.63) is 76.5 Å². The Morgan fingerprint density at radius 1 is 1.03 bits per heavy atom. The first-order chi connectivity index (χ1) is 14.5. The highest BCUT2D eigenvalue weighted by Crippen LogP contribution is 2.24. The van der Waals surface area contributed by atoms with Crippen LogP contribution in [0.4, 0.5) is 11.6 Å². The SMILES string of the molecule is Cc1cc(C)cc(NC(=O)COc2cc(C)nc(N3CCc4ccccc4C3)n2)c1. The van der Waals surface area contributed by atoms with Crippen LogP contribution in [0, 0.1) is 20.8 Å². The lowest BCUT2D eigenvalue weighted by Gasteiger charge is -2.29. The number of nitrogens with zero attached hydrogens (tertiary/aromatic N) is 3. The number of aromatic nitrogens is 2. The van der Waals surface area contributed by atoms with Crippen molar-refractivity contribution in [3.8, 4) is 5.88 Å². The summed E-state index contributed by atoms with van der Waals surface area (Å²) in [5.74, 6) is 0.825. The molecule has 0 spiro atoms. The van der Waals surface area contributed by atoms with Gasteiger partial charge in [-0.05, 0) is 61.6 Å². The minimum absolute atomic E-state index is 0.105. The first-order valence-electron chi connectivity index (χ1n) is 10.1. The highest BCUT2D eigenvalue weighted by molar-refractivity contribution is 5.92. The fourth-order valence-electron chi connectivity index (χ4n) is 3.79. The summed E-state index contributed by atoms with van der Waals surface area (Å²) in [4.78, 5) is 23.6. The van der Waals surface area contributed by atoms with Gasteiger partial charge in [0, 0.05) is 30.5 Å². The standard InChI is InChI=1S/C24H26N4O2/c1-16-10-17(2)12-21(11-16)26-22(29)15-30-23-13-18(3)25-24(27-23)28-9-8-19-6-4-5-7-20(19)14-28/h4-7,10-13H,8-9,14-15H2,1-3H3,(H,26,29). The molecule has 1 amide bonds. The van der Waals surface area contributed by atoms with E-state index in [-0.39, 0.29) is 12.5 Å². The Balaban J connectivity index is 1.42. The Labute approximate surface area is 176 Å². The summed E-state index contributed by atoms with van der Waals surface area (Å²) >= 11 is 0. The summed E-state index contributed by atoms with van der Waals surface area (Å²) < 4.78 is 5.69. The van der Waals surface area contributed by atoms with Crippen molar-refractivity contribution in [2.45, 2.75) is 33.7 Å². The van der Waals surface area contributed by atoms with Crippen molar-refractivity contribution in [2.75, 3.05) is 23.4 Å². The van der Waals surface area contributed by atoms with Crippen LogP contribution in [0.3, 0.4) is 0 Å². The van der Waals surface area contributed by atoms with Crippen molar-refractivity contribution >= 4 is 17.5 Å². The van der Waals surface area contributed by atoms with Crippen LogP contribution in [0.25, 0.3) is 0 Å². The number of hydrogen-bond donors (Lipinski definition) is 1. The molecule has 3 aromatic rings. The second kappa shape index (κ2) is 8.53. The maximum absolute atomic E-state index is 12.3. The molecule has 6 heteroatoms. The van der Waals surface area contributed by atoms with Crippen molar-refractivity contribution in [2.24, 2.45) is 0 Å². The van der Waals surface area contributed by atoms with E-state index in [9.17, 15) is 4.79 Å². The predicted octanol–water partition coefficient (Wildman–Crippen LogP) is 3.98. The summed E-state index contributed by atoms with van der Waals surface area (Å²) in [5.41, 5.74) is 6.46. The third-order valence-electron chi connectivity index (χ3n) is 5.09. The van der Waals surface area contributed by atoms with E-state index in [1.807, 2.05) is 32.9 Å². The summed E-state index contributed by atoms with van der Waals surface area (Å²) in [7, 11) is 0. The minimum Gasteiger partial charge on any atom is -0.467 e. The van der Waals surface area contributed by atoms with E-state index in [1.165, 1.54) is 11.1 Å². The maximum atomic E-state index is 12.3. The molecule has 0 saturated heterocycles. The lowest BCUT2D eigenvalue weighted by molar-refractivity contribution is -0.118. The molecule has 154 valence electrons. The highest BCUT2D eigenvalue weighted by Gasteiger charge is 2.19. The number of rotatable bonds is 5. The number of ether oxygens (including phenoxy) is 1. The van der Waals surface area contributed by atoms with Gasteiger partial charge in [0.25, 0.3) is 5.91 Å². The predicted molar refractivity (Wildman–Crippen MR) is 118 cm³/mol. The minimum atomic E-state index is -0.218. The third-order valence-corrected chi connectivity index (χ3v) is 5.09. The van der Waals surface area contributed by atoms with Gasteiger partial charge in [-0.1, -0.05) is 30.3 Å². The molecule has 0 atom stereocenters. The first kappa shape index (κ1) is 19.9. The molecule has 30 heavy (non-hydrogen) atoms. The lowest BCUT2D eigenvalue weighted by atomic mass is 10.0. The molecule has 0 radical (unpaired) electrons. The summed E-state index contributed by atoms with van der Waals surface area (Å²) in [6, 6.07) is 16.1. The molecule has 0 fully saturated rings. The number of fused-ring (bicyclic) bond motifs is 1. The van der Waals surface area contributed by atoms with E-state index in [2.05, 4.69) is 50.5 Å². The van der Waals surface area contributed by atoms with Crippen molar-refractivity contribution in [3.63, 3.8) is 0 Å². The Morgan fingerprint density at radius 2 is 1.77 bits per heavy atom. The van der Waals surface area contributed by atoms with Crippen molar-refractivity contribution < 1.29 is 9.53 Å². The summed E-state index contributed by atoms with van der Waals surface area (Å²) in [6.45, 7) is 7.43. The molecule has 2 aromatic carbocycles. The lowest BCUT2D eigenvalue weighted by Crippen LogP contribution is -2.32. The Morgan fingerprint density at radius 3 is 2.53 bits per heavy atom. The Kier molecular flexibility index (Phi) is 5.65. The largest absolute Gasteiger partial charge is 0.467 e. The van der Waals surface area contributed by atoms with Crippen molar-refractivity contribution in [1.82, 2.24) is 9.97 Å². The Bertz CT molecular complexity index is 1060. The van der Waals surface area contributed by atoms with E-state index in [0.29, 0.717) is 11.8 Å². The van der Waals surface area contributed by atoms with Gasteiger partial charge >= 0.3 is 0 Å². The zero-order valence-electron chi connectivity index (χ0n) is 17.6. The molecular formula is C24H26N4O2. The quantitative estimate of drug-likeness (QED) is 0.699. The smallest absolute Gasteiger partial charge is 0.262 e. The normalized spacial score (nSPS) is 13.0. The number of benzene rings is 2. The van der Waals surface area contributed by atoms with Gasteiger partial charge in [0.2, 0.25) is 11.8 Å². The van der Waals surface area contributed by atoms with Crippen LogP contribution in [0.2, 0.25) is 0 Å². The second-order valence-electron chi connectivity index (χ2n) is 7.80. The molecule has 2 heterocycles. The molecule has 0 aliphatic carbocycles. The van der Waals surface area contributed by atoms with Gasteiger partial charge in [0.05, 0.1) is 0 Å². The number of carbonyl (C=O) groups is 1. The van der Waals surface area contributed by atoms with Gasteiger partial charge in [-0.3, -0.25) is 4.79 Å². The number of aryl methyl sites for hydroxylation is 3. The molecule has 1 aromatic heterocycles. The van der Waals surface area contributed by atoms with Crippen LogP contribution in [0.5, 0.6) is 5.88 Å². The summed E-state index contributed by atoms with van der Waals surface area (Å²) in [5, 5.41) is 2.88. The van der Waals surface area contributed by atoms with Crippen LogP contribution < -0.4 is 15.0 Å². The monoisotopic (exact) mass is 402 g/mol. The summed E-state index contributed by atoms with van der Waals surface area (Å²) in [6.07, 6.45) is 0.960. The number of nitrogens with one attached hydrogen (secondary N) is 1. The first-order valence-corrected chi connectivity index (χ1v) is 10.1. The van der Waals surface area contributed by atoms with Crippen LogP contribution in [-0.2, 0) is 17.8 Å². The maximum Gasteiger partial charge on any atom is 0.262 e. The Hall–Kier alpha value is -3.41. The fourth-order valence-corrected chi connectivity index (χ4v) is 3.79. The van der Waals surface area contributed by atoms with Crippen LogP contribution in [0.15, 0.2) is 48.5 Å². The van der Waals surface area contributed by atoms with Gasteiger partial charge < -0.3 is 15.0 Å². The van der Waals surface area contributed by atoms with Gasteiger partial charge in [0.1, 0.15) is 0 Å². The van der Waals surface area contributed by atoms with E-state index < -0.39 is 0 Å². The fraction of sp³-hybridized carbons (Fsp3) is 0.292. The average Bonchev–Trinajstić information content (AvgIpc) is 2.71. The molecule has 1 N–H and O–H groups in total. The highest BCUT2D eigenvalue weighted by atomic mass is 16.5. The molecule has 1 aliphatic rings. The van der Waals surface area contributed by atoms with Crippen LogP contribution in [-0.4, -0.2) is 29.0 Å². The number of amides is 1. The topological polar surface area (TPSA) is 67.3 Å². The number of hydrogen-bond acceptors (Lipinski definition) is 5.